The molecule has 0 radical (unpaired) electrons. The van der Waals surface area contributed by atoms with Gasteiger partial charge in [0.1, 0.15) is 0 Å². The second-order valence-electron chi connectivity index (χ2n) is 7.06. The lowest BCUT2D eigenvalue weighted by Crippen LogP contribution is -2.59. The van der Waals surface area contributed by atoms with Gasteiger partial charge in [0.25, 0.3) is 0 Å². The van der Waals surface area contributed by atoms with Crippen LogP contribution in [0.15, 0.2) is 0 Å². The minimum Gasteiger partial charge on any atom is -0.329 e. The first kappa shape index (κ1) is 15.3. The Hall–Kier alpha value is -0.120. The zero-order valence-electron chi connectivity index (χ0n) is 13.2. The molecule has 1 aliphatic carbocycles. The summed E-state index contributed by atoms with van der Waals surface area (Å²) in [5.74, 6) is 0.947. The van der Waals surface area contributed by atoms with Crippen molar-refractivity contribution >= 4 is 0 Å². The van der Waals surface area contributed by atoms with Crippen molar-refractivity contribution in [2.24, 2.45) is 11.7 Å². The lowest BCUT2D eigenvalue weighted by atomic mass is 9.81. The van der Waals surface area contributed by atoms with Gasteiger partial charge in [0, 0.05) is 44.3 Å². The fourth-order valence-corrected chi connectivity index (χ4v) is 3.93. The standard InChI is InChI=1S/C16H33N3/c1-4-14-7-5-6-8-15(14)18-9-11-19(12-10-18)16(2,3)13-17/h14-15H,4-13,17H2,1-3H3. The Morgan fingerprint density at radius 1 is 1.05 bits per heavy atom. The zero-order chi connectivity index (χ0) is 13.9. The van der Waals surface area contributed by atoms with E-state index in [1.54, 1.807) is 0 Å². The molecule has 2 fully saturated rings. The first-order chi connectivity index (χ1) is 9.08. The third-order valence-electron chi connectivity index (χ3n) is 5.53. The third kappa shape index (κ3) is 3.50. The van der Waals surface area contributed by atoms with E-state index in [0.717, 1.165) is 18.5 Å². The smallest absolute Gasteiger partial charge is 0.0276 e. The van der Waals surface area contributed by atoms with Crippen LogP contribution >= 0.6 is 0 Å². The highest BCUT2D eigenvalue weighted by atomic mass is 15.3. The Balaban J connectivity index is 1.88. The largest absolute Gasteiger partial charge is 0.329 e. The Kier molecular flexibility index (Phi) is 5.27. The highest BCUT2D eigenvalue weighted by Crippen LogP contribution is 2.31. The number of nitrogens with zero attached hydrogens (tertiary/aromatic N) is 2. The molecule has 2 unspecified atom stereocenters. The Morgan fingerprint density at radius 2 is 1.68 bits per heavy atom. The van der Waals surface area contributed by atoms with Gasteiger partial charge in [-0.1, -0.05) is 26.2 Å². The molecule has 1 saturated carbocycles. The van der Waals surface area contributed by atoms with Gasteiger partial charge in [0.05, 0.1) is 0 Å². The molecule has 19 heavy (non-hydrogen) atoms. The highest BCUT2D eigenvalue weighted by molar-refractivity contribution is 4.90. The fourth-order valence-electron chi connectivity index (χ4n) is 3.93. The monoisotopic (exact) mass is 267 g/mol. The molecule has 3 heteroatoms. The predicted octanol–water partition coefficient (Wildman–Crippen LogP) is 2.31. The molecule has 2 rings (SSSR count). The van der Waals surface area contributed by atoms with Gasteiger partial charge in [-0.05, 0) is 32.6 Å². The van der Waals surface area contributed by atoms with E-state index in [-0.39, 0.29) is 5.54 Å². The van der Waals surface area contributed by atoms with Crippen molar-refractivity contribution in [3.05, 3.63) is 0 Å². The number of nitrogens with two attached hydrogens (primary N) is 1. The van der Waals surface area contributed by atoms with Crippen LogP contribution in [0.2, 0.25) is 0 Å². The minimum absolute atomic E-state index is 0.169. The molecule has 1 aliphatic heterocycles. The summed E-state index contributed by atoms with van der Waals surface area (Å²) in [6, 6.07) is 0.863. The van der Waals surface area contributed by atoms with Crippen LogP contribution in [0.25, 0.3) is 0 Å². The second kappa shape index (κ2) is 6.55. The van der Waals surface area contributed by atoms with E-state index in [1.165, 1.54) is 58.3 Å². The van der Waals surface area contributed by atoms with E-state index >= 15 is 0 Å². The first-order valence-electron chi connectivity index (χ1n) is 8.27. The molecule has 2 aliphatic rings. The maximum atomic E-state index is 5.90. The van der Waals surface area contributed by atoms with E-state index in [1.807, 2.05) is 0 Å². The summed E-state index contributed by atoms with van der Waals surface area (Å²) >= 11 is 0. The summed E-state index contributed by atoms with van der Waals surface area (Å²) in [7, 11) is 0. The molecule has 2 N–H and O–H groups in total. The van der Waals surface area contributed by atoms with E-state index in [2.05, 4.69) is 30.6 Å². The van der Waals surface area contributed by atoms with Gasteiger partial charge < -0.3 is 5.73 Å². The van der Waals surface area contributed by atoms with Crippen molar-refractivity contribution in [3.8, 4) is 0 Å². The van der Waals surface area contributed by atoms with Crippen LogP contribution in [0.1, 0.15) is 52.9 Å². The summed E-state index contributed by atoms with van der Waals surface area (Å²) in [6.45, 7) is 12.5. The summed E-state index contributed by atoms with van der Waals surface area (Å²) in [5, 5.41) is 0. The van der Waals surface area contributed by atoms with Gasteiger partial charge in [0.15, 0.2) is 0 Å². The molecule has 2 atom stereocenters. The van der Waals surface area contributed by atoms with Crippen molar-refractivity contribution in [2.45, 2.75) is 64.5 Å². The summed E-state index contributed by atoms with van der Waals surface area (Å²) in [5.41, 5.74) is 6.07. The molecule has 0 aromatic rings. The van der Waals surface area contributed by atoms with Crippen molar-refractivity contribution in [2.75, 3.05) is 32.7 Å². The highest BCUT2D eigenvalue weighted by Gasteiger charge is 2.34. The minimum atomic E-state index is 0.169. The second-order valence-corrected chi connectivity index (χ2v) is 7.06. The zero-order valence-corrected chi connectivity index (χ0v) is 13.2. The number of piperazine rings is 1. The molecule has 1 heterocycles. The molecule has 3 nitrogen and oxygen atoms in total. The SMILES string of the molecule is CCC1CCCCC1N1CCN(C(C)(C)CN)CC1. The van der Waals surface area contributed by atoms with E-state index in [0.29, 0.717) is 0 Å². The lowest BCUT2D eigenvalue weighted by Gasteiger charge is -2.48. The van der Waals surface area contributed by atoms with Crippen molar-refractivity contribution in [3.63, 3.8) is 0 Å². The molecule has 0 bridgehead atoms. The summed E-state index contributed by atoms with van der Waals surface area (Å²) < 4.78 is 0. The van der Waals surface area contributed by atoms with Crippen LogP contribution < -0.4 is 5.73 Å². The molecular formula is C16H33N3. The average molecular weight is 267 g/mol. The van der Waals surface area contributed by atoms with E-state index < -0.39 is 0 Å². The van der Waals surface area contributed by atoms with Crippen molar-refractivity contribution < 1.29 is 0 Å². The molecular weight excluding hydrogens is 234 g/mol. The van der Waals surface area contributed by atoms with E-state index in [9.17, 15) is 0 Å². The van der Waals surface area contributed by atoms with Crippen LogP contribution in [-0.2, 0) is 0 Å². The van der Waals surface area contributed by atoms with Gasteiger partial charge in [-0.2, -0.15) is 0 Å². The van der Waals surface area contributed by atoms with Crippen LogP contribution in [0, 0.1) is 5.92 Å². The summed E-state index contributed by atoms with van der Waals surface area (Å²) in [6.07, 6.45) is 7.14. The van der Waals surface area contributed by atoms with Gasteiger partial charge in [-0.25, -0.2) is 0 Å². The van der Waals surface area contributed by atoms with Crippen LogP contribution in [0.5, 0.6) is 0 Å². The normalized spacial score (nSPS) is 31.6. The maximum absolute atomic E-state index is 5.90. The van der Waals surface area contributed by atoms with Crippen LogP contribution in [0.3, 0.4) is 0 Å². The quantitative estimate of drug-likeness (QED) is 0.848. The topological polar surface area (TPSA) is 32.5 Å². The third-order valence-corrected chi connectivity index (χ3v) is 5.53. The summed E-state index contributed by atoms with van der Waals surface area (Å²) in [4.78, 5) is 5.35. The Morgan fingerprint density at radius 3 is 2.26 bits per heavy atom. The molecule has 0 spiro atoms. The number of hydrogen-bond acceptors (Lipinski definition) is 3. The van der Waals surface area contributed by atoms with Crippen LogP contribution in [0.4, 0.5) is 0 Å². The average Bonchev–Trinajstić information content (AvgIpc) is 2.47. The molecule has 1 saturated heterocycles. The van der Waals surface area contributed by atoms with Gasteiger partial charge in [-0.3, -0.25) is 9.80 Å². The van der Waals surface area contributed by atoms with Crippen LogP contribution in [-0.4, -0.2) is 54.1 Å². The Bertz CT molecular complexity index is 269. The molecule has 0 aromatic carbocycles. The van der Waals surface area contributed by atoms with Gasteiger partial charge in [-0.15, -0.1) is 0 Å². The molecule has 112 valence electrons. The lowest BCUT2D eigenvalue weighted by molar-refractivity contribution is 0.0122. The van der Waals surface area contributed by atoms with Crippen molar-refractivity contribution in [1.29, 1.82) is 0 Å². The van der Waals surface area contributed by atoms with E-state index in [4.69, 9.17) is 5.73 Å². The first-order valence-corrected chi connectivity index (χ1v) is 8.27. The maximum Gasteiger partial charge on any atom is 0.0276 e. The van der Waals surface area contributed by atoms with Gasteiger partial charge in [0.2, 0.25) is 0 Å². The molecule has 0 aromatic heterocycles. The predicted molar refractivity (Wildman–Crippen MR) is 82.3 cm³/mol. The fraction of sp³-hybridized carbons (Fsp3) is 1.00. The van der Waals surface area contributed by atoms with Gasteiger partial charge >= 0.3 is 0 Å². The number of hydrogen-bond donors (Lipinski definition) is 1. The van der Waals surface area contributed by atoms with Crippen molar-refractivity contribution in [1.82, 2.24) is 9.80 Å². The Labute approximate surface area is 119 Å². The number of rotatable bonds is 4. The molecule has 0 amide bonds.